The highest BCUT2D eigenvalue weighted by molar-refractivity contribution is 5.33. The van der Waals surface area contributed by atoms with Gasteiger partial charge in [-0.2, -0.15) is 0 Å². The highest BCUT2D eigenvalue weighted by atomic mass is 14.6. The predicted octanol–water partition coefficient (Wildman–Crippen LogP) is 2.52. The predicted molar refractivity (Wildman–Crippen MR) is 50.3 cm³/mol. The molecule has 1 aliphatic carbocycles. The van der Waals surface area contributed by atoms with Crippen LogP contribution < -0.4 is 0 Å². The van der Waals surface area contributed by atoms with Crippen molar-refractivity contribution in [1.82, 2.24) is 4.98 Å². The van der Waals surface area contributed by atoms with E-state index in [1.165, 1.54) is 36.8 Å². The first-order valence-electron chi connectivity index (χ1n) is 4.86. The largest absolute Gasteiger partial charge is 0.264 e. The van der Waals surface area contributed by atoms with E-state index in [-0.39, 0.29) is 0 Å². The van der Waals surface area contributed by atoms with Crippen LogP contribution in [0.3, 0.4) is 0 Å². The fourth-order valence-electron chi connectivity index (χ4n) is 2.04. The minimum atomic E-state index is 1.14. The van der Waals surface area contributed by atoms with Crippen molar-refractivity contribution in [2.45, 2.75) is 39.0 Å². The van der Waals surface area contributed by atoms with Gasteiger partial charge in [-0.05, 0) is 48.8 Å². The van der Waals surface area contributed by atoms with Gasteiger partial charge in [-0.1, -0.05) is 6.92 Å². The molecular formula is C11H15N. The van der Waals surface area contributed by atoms with Crippen LogP contribution in [0.4, 0.5) is 0 Å². The maximum Gasteiger partial charge on any atom is 0.0302 e. The van der Waals surface area contributed by atoms with E-state index in [9.17, 15) is 0 Å². The summed E-state index contributed by atoms with van der Waals surface area (Å²) in [6, 6.07) is 0. The van der Waals surface area contributed by atoms with E-state index in [0.717, 1.165) is 6.42 Å². The molecule has 0 aromatic carbocycles. The van der Waals surface area contributed by atoms with Crippen LogP contribution >= 0.6 is 0 Å². The summed E-state index contributed by atoms with van der Waals surface area (Å²) in [6.07, 6.45) is 10.5. The van der Waals surface area contributed by atoms with Crippen LogP contribution in [0.25, 0.3) is 0 Å². The van der Waals surface area contributed by atoms with Crippen molar-refractivity contribution in [2.24, 2.45) is 0 Å². The van der Waals surface area contributed by atoms with E-state index in [0.29, 0.717) is 0 Å². The van der Waals surface area contributed by atoms with Crippen LogP contribution in [0, 0.1) is 0 Å². The third-order valence-electron chi connectivity index (χ3n) is 2.74. The van der Waals surface area contributed by atoms with Crippen LogP contribution in [0.2, 0.25) is 0 Å². The quantitative estimate of drug-likeness (QED) is 0.616. The molecule has 12 heavy (non-hydrogen) atoms. The van der Waals surface area contributed by atoms with E-state index in [1.54, 1.807) is 5.56 Å². The number of pyridine rings is 1. The fraction of sp³-hybridized carbons (Fsp3) is 0.545. The number of hydrogen-bond acceptors (Lipinski definition) is 1. The van der Waals surface area contributed by atoms with Crippen molar-refractivity contribution >= 4 is 0 Å². The van der Waals surface area contributed by atoms with Gasteiger partial charge in [-0.15, -0.1) is 0 Å². The normalized spacial score (nSPS) is 15.8. The minimum absolute atomic E-state index is 1.14. The molecule has 0 atom stereocenters. The molecular weight excluding hydrogens is 146 g/mol. The molecule has 0 N–H and O–H groups in total. The number of fused-ring (bicyclic) bond motifs is 1. The van der Waals surface area contributed by atoms with E-state index in [2.05, 4.69) is 11.9 Å². The summed E-state index contributed by atoms with van der Waals surface area (Å²) in [5.74, 6) is 0. The van der Waals surface area contributed by atoms with Crippen molar-refractivity contribution in [3.05, 3.63) is 29.1 Å². The second kappa shape index (κ2) is 3.26. The molecule has 2 rings (SSSR count). The number of rotatable bonds is 1. The third kappa shape index (κ3) is 1.24. The fourth-order valence-corrected chi connectivity index (χ4v) is 2.04. The van der Waals surface area contributed by atoms with E-state index in [1.807, 2.05) is 12.4 Å². The minimum Gasteiger partial charge on any atom is -0.264 e. The zero-order chi connectivity index (χ0) is 8.39. The Balaban J connectivity index is 2.44. The second-order valence-electron chi connectivity index (χ2n) is 3.50. The van der Waals surface area contributed by atoms with Crippen molar-refractivity contribution < 1.29 is 0 Å². The number of aryl methyl sites for hydroxylation is 2. The third-order valence-corrected chi connectivity index (χ3v) is 2.74. The Kier molecular flexibility index (Phi) is 2.11. The molecule has 0 radical (unpaired) electrons. The Bertz CT molecular complexity index is 264. The number of aromatic nitrogens is 1. The van der Waals surface area contributed by atoms with Crippen LogP contribution in [-0.4, -0.2) is 4.98 Å². The summed E-state index contributed by atoms with van der Waals surface area (Å²) in [5, 5.41) is 0. The number of nitrogens with zero attached hydrogens (tertiary/aromatic N) is 1. The summed E-state index contributed by atoms with van der Waals surface area (Å²) in [4.78, 5) is 4.27. The Hall–Kier alpha value is -0.850. The molecule has 1 aromatic rings. The second-order valence-corrected chi connectivity index (χ2v) is 3.50. The standard InChI is InChI=1S/C11H15N/c1-2-9-7-12-8-10-5-3-4-6-11(9)10/h7-8H,2-6H2,1H3. The first kappa shape index (κ1) is 7.78. The lowest BCUT2D eigenvalue weighted by atomic mass is 9.89. The van der Waals surface area contributed by atoms with Gasteiger partial charge in [0.1, 0.15) is 0 Å². The van der Waals surface area contributed by atoms with Gasteiger partial charge in [0.25, 0.3) is 0 Å². The lowest BCUT2D eigenvalue weighted by Gasteiger charge is -2.17. The van der Waals surface area contributed by atoms with Gasteiger partial charge in [0.2, 0.25) is 0 Å². The molecule has 0 saturated carbocycles. The Morgan fingerprint density at radius 1 is 1.25 bits per heavy atom. The molecule has 0 saturated heterocycles. The Morgan fingerprint density at radius 3 is 2.92 bits per heavy atom. The summed E-state index contributed by atoms with van der Waals surface area (Å²) < 4.78 is 0. The summed E-state index contributed by atoms with van der Waals surface area (Å²) in [7, 11) is 0. The van der Waals surface area contributed by atoms with Gasteiger partial charge < -0.3 is 0 Å². The molecule has 0 bridgehead atoms. The molecule has 1 nitrogen and oxygen atoms in total. The van der Waals surface area contributed by atoms with Crippen molar-refractivity contribution in [3.63, 3.8) is 0 Å². The molecule has 1 aromatic heterocycles. The zero-order valence-corrected chi connectivity index (χ0v) is 7.64. The van der Waals surface area contributed by atoms with Crippen LogP contribution in [0.15, 0.2) is 12.4 Å². The molecule has 0 amide bonds. The molecule has 1 heterocycles. The van der Waals surface area contributed by atoms with Crippen LogP contribution in [-0.2, 0) is 19.3 Å². The summed E-state index contributed by atoms with van der Waals surface area (Å²) >= 11 is 0. The van der Waals surface area contributed by atoms with Gasteiger partial charge in [-0.25, -0.2) is 0 Å². The molecule has 1 heteroatoms. The van der Waals surface area contributed by atoms with Crippen LogP contribution in [0.5, 0.6) is 0 Å². The van der Waals surface area contributed by atoms with Gasteiger partial charge in [-0.3, -0.25) is 4.98 Å². The summed E-state index contributed by atoms with van der Waals surface area (Å²) in [5.41, 5.74) is 4.56. The molecule has 0 aliphatic heterocycles. The average molecular weight is 161 g/mol. The van der Waals surface area contributed by atoms with Crippen molar-refractivity contribution in [1.29, 1.82) is 0 Å². The molecule has 1 aliphatic rings. The molecule has 0 fully saturated rings. The van der Waals surface area contributed by atoms with E-state index >= 15 is 0 Å². The topological polar surface area (TPSA) is 12.9 Å². The van der Waals surface area contributed by atoms with Gasteiger partial charge in [0, 0.05) is 12.4 Å². The Morgan fingerprint density at radius 2 is 2.08 bits per heavy atom. The van der Waals surface area contributed by atoms with Crippen molar-refractivity contribution in [3.8, 4) is 0 Å². The first-order chi connectivity index (χ1) is 5.92. The molecule has 0 unspecified atom stereocenters. The maximum atomic E-state index is 4.27. The van der Waals surface area contributed by atoms with Gasteiger partial charge >= 0.3 is 0 Å². The number of hydrogen-bond donors (Lipinski definition) is 0. The molecule has 64 valence electrons. The lowest BCUT2D eigenvalue weighted by molar-refractivity contribution is 0.675. The highest BCUT2D eigenvalue weighted by Gasteiger charge is 2.11. The maximum absolute atomic E-state index is 4.27. The zero-order valence-electron chi connectivity index (χ0n) is 7.64. The lowest BCUT2D eigenvalue weighted by Crippen LogP contribution is -2.06. The highest BCUT2D eigenvalue weighted by Crippen LogP contribution is 2.23. The van der Waals surface area contributed by atoms with Gasteiger partial charge in [0.05, 0.1) is 0 Å². The Labute approximate surface area is 73.8 Å². The van der Waals surface area contributed by atoms with Crippen molar-refractivity contribution in [2.75, 3.05) is 0 Å². The monoisotopic (exact) mass is 161 g/mol. The smallest absolute Gasteiger partial charge is 0.0302 e. The first-order valence-corrected chi connectivity index (χ1v) is 4.86. The van der Waals surface area contributed by atoms with E-state index < -0.39 is 0 Å². The van der Waals surface area contributed by atoms with Crippen LogP contribution in [0.1, 0.15) is 36.5 Å². The average Bonchev–Trinajstić information content (AvgIpc) is 2.17. The van der Waals surface area contributed by atoms with Gasteiger partial charge in [0.15, 0.2) is 0 Å². The summed E-state index contributed by atoms with van der Waals surface area (Å²) in [6.45, 7) is 2.21. The SMILES string of the molecule is CCc1cncc2c1CCCC2. The molecule has 0 spiro atoms. The van der Waals surface area contributed by atoms with E-state index in [4.69, 9.17) is 0 Å².